The molecule has 0 saturated carbocycles. The van der Waals surface area contributed by atoms with Crippen molar-refractivity contribution in [3.8, 4) is 0 Å². The molecule has 170 valence electrons. The van der Waals surface area contributed by atoms with Crippen LogP contribution in [0.3, 0.4) is 0 Å². The summed E-state index contributed by atoms with van der Waals surface area (Å²) in [7, 11) is 0. The van der Waals surface area contributed by atoms with Gasteiger partial charge in [-0.15, -0.1) is 0 Å². The third kappa shape index (κ3) is 5.31. The molecule has 1 aromatic heterocycles. The fourth-order valence-electron chi connectivity index (χ4n) is 3.84. The molecule has 32 heavy (non-hydrogen) atoms. The van der Waals surface area contributed by atoms with Crippen LogP contribution < -0.4 is 20.4 Å². The second kappa shape index (κ2) is 9.90. The summed E-state index contributed by atoms with van der Waals surface area (Å²) in [5.41, 5.74) is 1.46. The van der Waals surface area contributed by atoms with Gasteiger partial charge in [-0.05, 0) is 31.2 Å². The zero-order valence-electron chi connectivity index (χ0n) is 18.0. The van der Waals surface area contributed by atoms with E-state index in [2.05, 4.69) is 25.5 Å². The summed E-state index contributed by atoms with van der Waals surface area (Å²) in [6.45, 7) is 5.99. The molecule has 1 unspecified atom stereocenters. The predicted octanol–water partition coefficient (Wildman–Crippen LogP) is 1.34. The third-order valence-electron chi connectivity index (χ3n) is 5.52. The molecule has 0 spiro atoms. The van der Waals surface area contributed by atoms with E-state index < -0.39 is 5.92 Å². The number of anilines is 3. The summed E-state index contributed by atoms with van der Waals surface area (Å²) in [6.07, 6.45) is 0.139. The lowest BCUT2D eigenvalue weighted by molar-refractivity contribution is -0.126. The van der Waals surface area contributed by atoms with E-state index in [1.165, 1.54) is 17.0 Å². The first-order valence-corrected chi connectivity index (χ1v) is 10.8. The monoisotopic (exact) mass is 442 g/mol. The maximum Gasteiger partial charge on any atom is 0.227 e. The molecule has 2 aromatic rings. The maximum absolute atomic E-state index is 13.1. The molecular weight excluding hydrogens is 415 g/mol. The van der Waals surface area contributed by atoms with E-state index in [1.54, 1.807) is 12.1 Å². The molecule has 10 heteroatoms. The van der Waals surface area contributed by atoms with Crippen LogP contribution in [0.1, 0.15) is 12.1 Å². The van der Waals surface area contributed by atoms with Gasteiger partial charge in [0, 0.05) is 56.6 Å². The van der Waals surface area contributed by atoms with Crippen LogP contribution in [0.4, 0.5) is 21.8 Å². The van der Waals surface area contributed by atoms with Crippen molar-refractivity contribution in [1.82, 2.24) is 15.3 Å². The molecule has 1 atom stereocenters. The Bertz CT molecular complexity index is 965. The Morgan fingerprint density at radius 1 is 1.19 bits per heavy atom. The van der Waals surface area contributed by atoms with Crippen LogP contribution in [0, 0.1) is 18.7 Å². The van der Waals surface area contributed by atoms with E-state index in [1.807, 2.05) is 13.0 Å². The van der Waals surface area contributed by atoms with E-state index in [0.29, 0.717) is 37.9 Å². The van der Waals surface area contributed by atoms with Crippen LogP contribution in [0.25, 0.3) is 0 Å². The third-order valence-corrected chi connectivity index (χ3v) is 5.52. The van der Waals surface area contributed by atoms with Gasteiger partial charge in [0.25, 0.3) is 0 Å². The number of amides is 2. The zero-order chi connectivity index (χ0) is 22.5. The quantitative estimate of drug-likeness (QED) is 0.625. The number of benzene rings is 1. The van der Waals surface area contributed by atoms with Gasteiger partial charge >= 0.3 is 0 Å². The number of nitrogens with zero attached hydrogens (tertiary/aromatic N) is 4. The number of aromatic nitrogens is 2. The lowest BCUT2D eigenvalue weighted by atomic mass is 10.1. The summed E-state index contributed by atoms with van der Waals surface area (Å²) in [5, 5.41) is 6.02. The summed E-state index contributed by atoms with van der Waals surface area (Å²) < 4.78 is 18.5. The van der Waals surface area contributed by atoms with E-state index in [-0.39, 0.29) is 30.6 Å². The molecule has 1 aromatic carbocycles. The molecule has 2 aliphatic rings. The number of halogens is 1. The van der Waals surface area contributed by atoms with Crippen LogP contribution in [-0.4, -0.2) is 67.7 Å². The molecule has 2 amide bonds. The lowest BCUT2D eigenvalue weighted by Gasteiger charge is -2.28. The largest absolute Gasteiger partial charge is 0.378 e. The highest BCUT2D eigenvalue weighted by atomic mass is 19.1. The van der Waals surface area contributed by atoms with Crippen molar-refractivity contribution in [2.45, 2.75) is 13.3 Å². The minimum atomic E-state index is -0.435. The first-order chi connectivity index (χ1) is 15.5. The molecule has 0 aliphatic carbocycles. The van der Waals surface area contributed by atoms with Gasteiger partial charge in [-0.3, -0.25) is 9.59 Å². The van der Waals surface area contributed by atoms with Gasteiger partial charge in [0.2, 0.25) is 17.8 Å². The Labute approximate surface area is 186 Å². The van der Waals surface area contributed by atoms with Gasteiger partial charge in [0.05, 0.1) is 19.1 Å². The highest BCUT2D eigenvalue weighted by Gasteiger charge is 2.34. The van der Waals surface area contributed by atoms with Crippen LogP contribution >= 0.6 is 0 Å². The number of ether oxygens (including phenoxy) is 1. The SMILES string of the molecule is Cc1cc(N2CCOCC2)nc(NCCNC(=O)C2CC(=O)N(c3ccc(F)cc3)C2)n1. The molecule has 2 saturated heterocycles. The van der Waals surface area contributed by atoms with Crippen molar-refractivity contribution >= 4 is 29.3 Å². The van der Waals surface area contributed by atoms with E-state index in [4.69, 9.17) is 4.74 Å². The molecule has 0 radical (unpaired) electrons. The van der Waals surface area contributed by atoms with Crippen molar-refractivity contribution in [2.24, 2.45) is 5.92 Å². The fourth-order valence-corrected chi connectivity index (χ4v) is 3.84. The summed E-state index contributed by atoms with van der Waals surface area (Å²) in [4.78, 5) is 37.5. The second-order valence-corrected chi connectivity index (χ2v) is 7.89. The Balaban J connectivity index is 1.25. The van der Waals surface area contributed by atoms with Gasteiger partial charge in [-0.2, -0.15) is 4.98 Å². The van der Waals surface area contributed by atoms with Crippen LogP contribution in [0.15, 0.2) is 30.3 Å². The number of hydrogen-bond donors (Lipinski definition) is 2. The second-order valence-electron chi connectivity index (χ2n) is 7.89. The van der Waals surface area contributed by atoms with Gasteiger partial charge in [-0.1, -0.05) is 0 Å². The van der Waals surface area contributed by atoms with Gasteiger partial charge in [0.1, 0.15) is 11.6 Å². The van der Waals surface area contributed by atoms with Gasteiger partial charge in [0.15, 0.2) is 0 Å². The minimum Gasteiger partial charge on any atom is -0.378 e. The molecule has 2 fully saturated rings. The van der Waals surface area contributed by atoms with Crippen molar-refractivity contribution in [1.29, 1.82) is 0 Å². The minimum absolute atomic E-state index is 0.139. The lowest BCUT2D eigenvalue weighted by Crippen LogP contribution is -2.37. The number of nitrogens with one attached hydrogen (secondary N) is 2. The molecule has 9 nitrogen and oxygen atoms in total. The van der Waals surface area contributed by atoms with Crippen molar-refractivity contribution in [3.05, 3.63) is 41.8 Å². The van der Waals surface area contributed by atoms with Crippen molar-refractivity contribution in [3.63, 3.8) is 0 Å². The van der Waals surface area contributed by atoms with E-state index in [9.17, 15) is 14.0 Å². The average molecular weight is 442 g/mol. The number of morpholine rings is 1. The van der Waals surface area contributed by atoms with Crippen molar-refractivity contribution < 1.29 is 18.7 Å². The summed E-state index contributed by atoms with van der Waals surface area (Å²) in [6, 6.07) is 7.65. The molecule has 2 aliphatic heterocycles. The highest BCUT2D eigenvalue weighted by Crippen LogP contribution is 2.25. The molecule has 0 bridgehead atoms. The molecule has 4 rings (SSSR count). The number of aryl methyl sites for hydroxylation is 1. The Morgan fingerprint density at radius 3 is 2.69 bits per heavy atom. The summed E-state index contributed by atoms with van der Waals surface area (Å²) >= 11 is 0. The van der Waals surface area contributed by atoms with Crippen LogP contribution in [0.5, 0.6) is 0 Å². The summed E-state index contributed by atoms with van der Waals surface area (Å²) in [5.74, 6) is 0.257. The zero-order valence-corrected chi connectivity index (χ0v) is 18.0. The van der Waals surface area contributed by atoms with E-state index in [0.717, 1.165) is 24.6 Å². The number of carbonyl (C=O) groups excluding carboxylic acids is 2. The normalized spacial score (nSPS) is 18.7. The van der Waals surface area contributed by atoms with Crippen molar-refractivity contribution in [2.75, 3.05) is 61.1 Å². The average Bonchev–Trinajstić information content (AvgIpc) is 3.19. The standard InChI is InChI=1S/C22H27FN6O3/c1-15-12-19(28-8-10-32-11-9-28)27-22(26-15)25-7-6-24-21(31)16-13-20(30)29(14-16)18-4-2-17(23)3-5-18/h2-5,12,16H,6-11,13-14H2,1H3,(H,24,31)(H,25,26,27). The van der Waals surface area contributed by atoms with Gasteiger partial charge < -0.3 is 25.2 Å². The number of rotatable bonds is 7. The predicted molar refractivity (Wildman–Crippen MR) is 118 cm³/mol. The van der Waals surface area contributed by atoms with Crippen LogP contribution in [0.2, 0.25) is 0 Å². The Morgan fingerprint density at radius 2 is 1.94 bits per heavy atom. The molecule has 2 N–H and O–H groups in total. The highest BCUT2D eigenvalue weighted by molar-refractivity contribution is 6.00. The first kappa shape index (κ1) is 21.9. The Hall–Kier alpha value is -3.27. The molecular formula is C22H27FN6O3. The maximum atomic E-state index is 13.1. The smallest absolute Gasteiger partial charge is 0.227 e. The first-order valence-electron chi connectivity index (χ1n) is 10.8. The number of carbonyl (C=O) groups is 2. The van der Waals surface area contributed by atoms with Crippen LogP contribution in [-0.2, 0) is 14.3 Å². The topological polar surface area (TPSA) is 99.7 Å². The fraction of sp³-hybridized carbons (Fsp3) is 0.455. The Kier molecular flexibility index (Phi) is 6.79. The van der Waals surface area contributed by atoms with Gasteiger partial charge in [-0.25, -0.2) is 9.37 Å². The molecule has 3 heterocycles. The van der Waals surface area contributed by atoms with E-state index >= 15 is 0 Å². The number of hydrogen-bond acceptors (Lipinski definition) is 7.